The highest BCUT2D eigenvalue weighted by molar-refractivity contribution is 7.99. The number of nitrogens with zero attached hydrogens (tertiary/aromatic N) is 3. The first kappa shape index (κ1) is 15.1. The molecule has 2 heterocycles. The number of anilines is 4. The van der Waals surface area contributed by atoms with Crippen molar-refractivity contribution in [2.75, 3.05) is 34.0 Å². The van der Waals surface area contributed by atoms with Gasteiger partial charge in [0.2, 0.25) is 11.8 Å². The van der Waals surface area contributed by atoms with Crippen molar-refractivity contribution in [3.05, 3.63) is 30.3 Å². The molecule has 1 aliphatic heterocycles. The number of nitrogens with one attached hydrogen (secondary N) is 1. The van der Waals surface area contributed by atoms with Gasteiger partial charge in [0, 0.05) is 6.07 Å². The molecule has 0 unspecified atom stereocenters. The lowest BCUT2D eigenvalue weighted by Gasteiger charge is -2.28. The summed E-state index contributed by atoms with van der Waals surface area (Å²) in [5.41, 5.74) is 12.5. The standard InChI is InChI=1S/C14H14N6O2S/c15-10-5-11(16)19-14(18-10)23-7-13(22)20-6-12(21)17-8-3-1-2-4-9(8)20/h1-5H,6-7H2,(H,17,21)(H4,15,16,18,19). The number of nitrogen functional groups attached to an aromatic ring is 2. The number of para-hydroxylation sites is 2. The fourth-order valence-corrected chi connectivity index (χ4v) is 2.93. The Labute approximate surface area is 136 Å². The largest absolute Gasteiger partial charge is 0.383 e. The molecule has 9 heteroatoms. The van der Waals surface area contributed by atoms with Crippen LogP contribution in [0.1, 0.15) is 0 Å². The van der Waals surface area contributed by atoms with E-state index in [4.69, 9.17) is 11.5 Å². The quantitative estimate of drug-likeness (QED) is 0.559. The number of fused-ring (bicyclic) bond motifs is 1. The van der Waals surface area contributed by atoms with E-state index in [-0.39, 0.29) is 35.7 Å². The van der Waals surface area contributed by atoms with Gasteiger partial charge >= 0.3 is 0 Å². The molecule has 8 nitrogen and oxygen atoms in total. The minimum absolute atomic E-state index is 0.0175. The second kappa shape index (κ2) is 6.13. The van der Waals surface area contributed by atoms with Crippen molar-refractivity contribution in [2.24, 2.45) is 0 Å². The Hall–Kier alpha value is -2.81. The first-order valence-electron chi connectivity index (χ1n) is 6.75. The van der Waals surface area contributed by atoms with Gasteiger partial charge in [-0.3, -0.25) is 9.59 Å². The van der Waals surface area contributed by atoms with E-state index in [0.29, 0.717) is 16.5 Å². The van der Waals surface area contributed by atoms with Gasteiger partial charge < -0.3 is 21.7 Å². The molecule has 0 aliphatic carbocycles. The average molecular weight is 330 g/mol. The summed E-state index contributed by atoms with van der Waals surface area (Å²) in [4.78, 5) is 33.7. The maximum absolute atomic E-state index is 12.5. The fourth-order valence-electron chi connectivity index (χ4n) is 2.19. The van der Waals surface area contributed by atoms with Crippen LogP contribution < -0.4 is 21.7 Å². The fraction of sp³-hybridized carbons (Fsp3) is 0.143. The molecule has 2 aromatic rings. The zero-order valence-corrected chi connectivity index (χ0v) is 12.8. The van der Waals surface area contributed by atoms with Crippen molar-refractivity contribution in [2.45, 2.75) is 5.16 Å². The Kier molecular flexibility index (Phi) is 4.02. The van der Waals surface area contributed by atoms with Gasteiger partial charge in [0.05, 0.1) is 17.1 Å². The normalized spacial score (nSPS) is 13.4. The first-order chi connectivity index (χ1) is 11.0. The predicted molar refractivity (Wildman–Crippen MR) is 89.0 cm³/mol. The zero-order chi connectivity index (χ0) is 16.4. The summed E-state index contributed by atoms with van der Waals surface area (Å²) >= 11 is 1.12. The molecule has 0 bridgehead atoms. The van der Waals surface area contributed by atoms with Crippen LogP contribution in [0.25, 0.3) is 0 Å². The third-order valence-corrected chi connectivity index (χ3v) is 3.97. The Morgan fingerprint density at radius 1 is 1.26 bits per heavy atom. The van der Waals surface area contributed by atoms with E-state index in [2.05, 4.69) is 15.3 Å². The van der Waals surface area contributed by atoms with Crippen LogP contribution >= 0.6 is 11.8 Å². The van der Waals surface area contributed by atoms with Crippen LogP contribution in [0.3, 0.4) is 0 Å². The van der Waals surface area contributed by atoms with Crippen molar-refractivity contribution in [3.8, 4) is 0 Å². The van der Waals surface area contributed by atoms with Gasteiger partial charge in [-0.05, 0) is 12.1 Å². The van der Waals surface area contributed by atoms with Gasteiger partial charge in [-0.25, -0.2) is 9.97 Å². The van der Waals surface area contributed by atoms with Crippen molar-refractivity contribution in [1.29, 1.82) is 0 Å². The van der Waals surface area contributed by atoms with E-state index >= 15 is 0 Å². The second-order valence-corrected chi connectivity index (χ2v) is 5.78. The number of thioether (sulfide) groups is 1. The van der Waals surface area contributed by atoms with Gasteiger partial charge in [-0.1, -0.05) is 23.9 Å². The SMILES string of the molecule is Nc1cc(N)nc(SCC(=O)N2CC(=O)Nc3ccccc32)n1. The summed E-state index contributed by atoms with van der Waals surface area (Å²) < 4.78 is 0. The molecule has 5 N–H and O–H groups in total. The molecule has 1 aliphatic rings. The lowest BCUT2D eigenvalue weighted by molar-refractivity contribution is -0.120. The van der Waals surface area contributed by atoms with Crippen LogP contribution in [-0.4, -0.2) is 34.1 Å². The monoisotopic (exact) mass is 330 g/mol. The molecule has 0 saturated carbocycles. The van der Waals surface area contributed by atoms with Gasteiger partial charge in [-0.15, -0.1) is 0 Å². The van der Waals surface area contributed by atoms with Crippen molar-refractivity contribution in [1.82, 2.24) is 9.97 Å². The first-order valence-corrected chi connectivity index (χ1v) is 7.73. The highest BCUT2D eigenvalue weighted by atomic mass is 32.2. The van der Waals surface area contributed by atoms with Crippen molar-refractivity contribution in [3.63, 3.8) is 0 Å². The highest BCUT2D eigenvalue weighted by Crippen LogP contribution is 2.29. The number of aromatic nitrogens is 2. The summed E-state index contributed by atoms with van der Waals surface area (Å²) in [7, 11) is 0. The average Bonchev–Trinajstić information content (AvgIpc) is 2.51. The number of carbonyl (C=O) groups is 2. The van der Waals surface area contributed by atoms with Gasteiger partial charge in [0.1, 0.15) is 18.2 Å². The van der Waals surface area contributed by atoms with Gasteiger partial charge in [0.15, 0.2) is 5.16 Å². The third kappa shape index (κ3) is 3.34. The van der Waals surface area contributed by atoms with Crippen LogP contribution in [0.4, 0.5) is 23.0 Å². The van der Waals surface area contributed by atoms with Crippen LogP contribution in [0.5, 0.6) is 0 Å². The Balaban J connectivity index is 1.75. The smallest absolute Gasteiger partial charge is 0.244 e. The summed E-state index contributed by atoms with van der Waals surface area (Å²) in [6.07, 6.45) is 0. The second-order valence-electron chi connectivity index (χ2n) is 4.83. The molecule has 2 amide bonds. The molecule has 0 atom stereocenters. The number of carbonyl (C=O) groups excluding carboxylic acids is 2. The van der Waals surface area contributed by atoms with E-state index in [9.17, 15) is 9.59 Å². The molecule has 1 aromatic heterocycles. The predicted octanol–water partition coefficient (Wildman–Crippen LogP) is 0.718. The molecule has 3 rings (SSSR count). The number of hydrogen-bond donors (Lipinski definition) is 3. The number of rotatable bonds is 3. The van der Waals surface area contributed by atoms with Gasteiger partial charge in [0.25, 0.3) is 0 Å². The number of benzene rings is 1. The van der Waals surface area contributed by atoms with E-state index in [1.807, 2.05) is 6.07 Å². The third-order valence-electron chi connectivity index (χ3n) is 3.14. The van der Waals surface area contributed by atoms with E-state index in [0.717, 1.165) is 11.8 Å². The van der Waals surface area contributed by atoms with Crippen molar-refractivity contribution >= 4 is 46.6 Å². The van der Waals surface area contributed by atoms with Crippen LogP contribution in [0, 0.1) is 0 Å². The number of nitrogens with two attached hydrogens (primary N) is 2. The minimum atomic E-state index is -0.230. The Bertz CT molecular complexity index is 761. The Morgan fingerprint density at radius 3 is 2.70 bits per heavy atom. The topological polar surface area (TPSA) is 127 Å². The minimum Gasteiger partial charge on any atom is -0.383 e. The molecular weight excluding hydrogens is 316 g/mol. The summed E-state index contributed by atoms with van der Waals surface area (Å²) in [5, 5.41) is 3.06. The number of hydrogen-bond acceptors (Lipinski definition) is 7. The Morgan fingerprint density at radius 2 is 1.96 bits per heavy atom. The highest BCUT2D eigenvalue weighted by Gasteiger charge is 2.26. The van der Waals surface area contributed by atoms with E-state index in [1.54, 1.807) is 18.2 Å². The molecule has 0 radical (unpaired) electrons. The molecule has 0 spiro atoms. The molecule has 0 saturated heterocycles. The summed E-state index contributed by atoms with van der Waals surface area (Å²) in [5.74, 6) is 0.114. The molecular formula is C14H14N6O2S. The molecule has 1 aromatic carbocycles. The van der Waals surface area contributed by atoms with Crippen LogP contribution in [0.2, 0.25) is 0 Å². The summed E-state index contributed by atoms with van der Waals surface area (Å²) in [6, 6.07) is 8.58. The molecule has 118 valence electrons. The van der Waals surface area contributed by atoms with Crippen LogP contribution in [0.15, 0.2) is 35.5 Å². The summed E-state index contributed by atoms with van der Waals surface area (Å²) in [6.45, 7) is -0.0175. The van der Waals surface area contributed by atoms with Crippen molar-refractivity contribution < 1.29 is 9.59 Å². The molecule has 0 fully saturated rings. The lowest BCUT2D eigenvalue weighted by Crippen LogP contribution is -2.43. The maximum atomic E-state index is 12.5. The number of amides is 2. The maximum Gasteiger partial charge on any atom is 0.244 e. The zero-order valence-electron chi connectivity index (χ0n) is 12.0. The van der Waals surface area contributed by atoms with E-state index in [1.165, 1.54) is 11.0 Å². The van der Waals surface area contributed by atoms with Gasteiger partial charge in [-0.2, -0.15) is 0 Å². The van der Waals surface area contributed by atoms with Crippen LogP contribution in [-0.2, 0) is 9.59 Å². The molecule has 23 heavy (non-hydrogen) atoms. The lowest BCUT2D eigenvalue weighted by atomic mass is 10.2. The van der Waals surface area contributed by atoms with E-state index < -0.39 is 0 Å².